The Morgan fingerprint density at radius 2 is 0.951 bits per heavy atom. The highest BCUT2D eigenvalue weighted by molar-refractivity contribution is 5.98. The number of esters is 1. The summed E-state index contributed by atoms with van der Waals surface area (Å²) >= 11 is 0. The first kappa shape index (κ1) is 63.5. The van der Waals surface area contributed by atoms with Crippen molar-refractivity contribution >= 4 is 64.4 Å². The van der Waals surface area contributed by atoms with Crippen LogP contribution in [0.4, 0.5) is 0 Å². The predicted molar refractivity (Wildman–Crippen MR) is 300 cm³/mol. The number of hydrogen-bond acceptors (Lipinski definition) is 14. The topological polar surface area (TPSA) is 298 Å². The van der Waals surface area contributed by atoms with Crippen LogP contribution in [0.1, 0.15) is 116 Å². The highest BCUT2D eigenvalue weighted by Crippen LogP contribution is 2.44. The van der Waals surface area contributed by atoms with Crippen LogP contribution in [0.2, 0.25) is 0 Å². The molecule has 1 aliphatic rings. The van der Waals surface area contributed by atoms with Crippen LogP contribution in [0, 0.1) is 29.6 Å². The number of phenols is 2. The number of Topliss-reactive ketones (excluding diaryl/α,β-unsaturated/α-hetero) is 5. The summed E-state index contributed by atoms with van der Waals surface area (Å²) in [6, 6.07) is 23.8. The Bertz CT molecular complexity index is 2910. The maximum Gasteiger partial charge on any atom is 0.306 e. The SMILES string of the molecule is CC(=O)[C@H](C)NC(=O)[C@H](C)CC(=O)[C@H](Cc1ccc(O)cc1)NC(=O)CCC(=O)[C@H](C)NC(=O)[C@H](C)CC(=O)[C@H](Cc1ccc(O)cc1)[C@H](C)C(=O)NCC(=O)[C@H](C)NC(=O)[C@H](C)CC(=O)OCC1c2ccccc2-c2ccccc21. The van der Waals surface area contributed by atoms with Gasteiger partial charge in [-0.3, -0.25) is 52.7 Å². The third-order valence-electron chi connectivity index (χ3n) is 14.8. The van der Waals surface area contributed by atoms with E-state index in [1.165, 1.54) is 72.7 Å². The second kappa shape index (κ2) is 29.7. The number of carbonyl (C=O) groups excluding carboxylic acids is 11. The quantitative estimate of drug-likeness (QED) is 0.0314. The summed E-state index contributed by atoms with van der Waals surface area (Å²) in [6.45, 7) is 11.3. The van der Waals surface area contributed by atoms with Gasteiger partial charge in [0, 0.05) is 61.2 Å². The van der Waals surface area contributed by atoms with Gasteiger partial charge in [0.25, 0.3) is 0 Å². The lowest BCUT2D eigenvalue weighted by atomic mass is 9.81. The molecule has 432 valence electrons. The highest BCUT2D eigenvalue weighted by atomic mass is 16.5. The van der Waals surface area contributed by atoms with Gasteiger partial charge < -0.3 is 41.5 Å². The first-order chi connectivity index (χ1) is 38.3. The van der Waals surface area contributed by atoms with E-state index in [-0.39, 0.29) is 74.8 Å². The number of fused-ring (bicyclic) bond motifs is 3. The van der Waals surface area contributed by atoms with Crippen LogP contribution in [0.3, 0.4) is 0 Å². The van der Waals surface area contributed by atoms with Crippen molar-refractivity contribution in [3.63, 3.8) is 0 Å². The minimum Gasteiger partial charge on any atom is -0.508 e. The highest BCUT2D eigenvalue weighted by Gasteiger charge is 2.35. The zero-order chi connectivity index (χ0) is 59.7. The van der Waals surface area contributed by atoms with Crippen molar-refractivity contribution in [3.8, 4) is 22.6 Å². The molecule has 81 heavy (non-hydrogen) atoms. The van der Waals surface area contributed by atoms with Gasteiger partial charge >= 0.3 is 5.97 Å². The summed E-state index contributed by atoms with van der Waals surface area (Å²) in [5, 5.41) is 32.6. The van der Waals surface area contributed by atoms with Crippen molar-refractivity contribution in [1.29, 1.82) is 0 Å². The molecule has 0 saturated heterocycles. The zero-order valence-electron chi connectivity index (χ0n) is 47.2. The molecule has 0 saturated carbocycles. The molecule has 4 aromatic carbocycles. The van der Waals surface area contributed by atoms with Crippen LogP contribution in [0.25, 0.3) is 11.1 Å². The molecule has 1 aliphatic carbocycles. The molecule has 4 aromatic rings. The van der Waals surface area contributed by atoms with Crippen molar-refractivity contribution in [1.82, 2.24) is 26.6 Å². The normalized spacial score (nSPS) is 15.0. The molecule has 0 spiro atoms. The van der Waals surface area contributed by atoms with Gasteiger partial charge in [-0.2, -0.15) is 0 Å². The molecule has 7 N–H and O–H groups in total. The first-order valence-corrected chi connectivity index (χ1v) is 27.3. The second-order valence-corrected chi connectivity index (χ2v) is 21.4. The van der Waals surface area contributed by atoms with Crippen LogP contribution in [-0.2, 0) is 70.3 Å². The van der Waals surface area contributed by atoms with Crippen LogP contribution in [-0.4, -0.2) is 112 Å². The van der Waals surface area contributed by atoms with E-state index in [1.54, 1.807) is 31.2 Å². The van der Waals surface area contributed by atoms with Crippen LogP contribution in [0.5, 0.6) is 11.5 Å². The van der Waals surface area contributed by atoms with Crippen molar-refractivity contribution in [2.45, 2.75) is 130 Å². The molecular formula is C62H75N5O14. The number of rotatable bonds is 31. The summed E-state index contributed by atoms with van der Waals surface area (Å²) in [5.41, 5.74) is 5.44. The Balaban J connectivity index is 1.10. The van der Waals surface area contributed by atoms with Crippen molar-refractivity contribution in [2.24, 2.45) is 29.6 Å². The summed E-state index contributed by atoms with van der Waals surface area (Å²) in [5.74, 6) is -10.9. The number of aromatic hydroxyl groups is 2. The third kappa shape index (κ3) is 18.6. The fraction of sp³-hybridized carbons (Fsp3) is 0.435. The van der Waals surface area contributed by atoms with Gasteiger partial charge in [0.05, 0.1) is 37.1 Å². The molecule has 0 unspecified atom stereocenters. The lowest BCUT2D eigenvalue weighted by Crippen LogP contribution is -2.47. The fourth-order valence-electron chi connectivity index (χ4n) is 9.39. The third-order valence-corrected chi connectivity index (χ3v) is 14.8. The molecule has 9 atom stereocenters. The molecule has 0 aromatic heterocycles. The summed E-state index contributed by atoms with van der Waals surface area (Å²) in [4.78, 5) is 145. The van der Waals surface area contributed by atoms with Gasteiger partial charge in [-0.05, 0) is 98.2 Å². The average molecular weight is 1110 g/mol. The van der Waals surface area contributed by atoms with Crippen molar-refractivity contribution < 1.29 is 67.7 Å². The Kier molecular flexibility index (Phi) is 23.3. The van der Waals surface area contributed by atoms with Gasteiger partial charge in [0.1, 0.15) is 23.9 Å². The van der Waals surface area contributed by atoms with Gasteiger partial charge in [-0.25, -0.2) is 0 Å². The second-order valence-electron chi connectivity index (χ2n) is 21.4. The lowest BCUT2D eigenvalue weighted by Gasteiger charge is -2.24. The van der Waals surface area contributed by atoms with E-state index in [2.05, 4.69) is 26.6 Å². The van der Waals surface area contributed by atoms with E-state index in [4.69, 9.17) is 4.74 Å². The Morgan fingerprint density at radius 1 is 0.494 bits per heavy atom. The van der Waals surface area contributed by atoms with E-state index in [1.807, 2.05) is 48.5 Å². The molecule has 0 aliphatic heterocycles. The van der Waals surface area contributed by atoms with Crippen molar-refractivity contribution in [2.75, 3.05) is 13.2 Å². The molecule has 0 fully saturated rings. The number of ketones is 5. The Labute approximate surface area is 472 Å². The van der Waals surface area contributed by atoms with Crippen LogP contribution < -0.4 is 26.6 Å². The molecule has 0 radical (unpaired) electrons. The molecule has 19 heteroatoms. The number of carbonyl (C=O) groups is 11. The number of hydrogen-bond donors (Lipinski definition) is 7. The lowest BCUT2D eigenvalue weighted by molar-refractivity contribution is -0.147. The molecule has 0 heterocycles. The Morgan fingerprint density at radius 3 is 1.47 bits per heavy atom. The molecule has 19 nitrogen and oxygen atoms in total. The smallest absolute Gasteiger partial charge is 0.306 e. The largest absolute Gasteiger partial charge is 0.508 e. The van der Waals surface area contributed by atoms with Gasteiger partial charge in [0.15, 0.2) is 23.1 Å². The number of ether oxygens (including phenoxy) is 1. The summed E-state index contributed by atoms with van der Waals surface area (Å²) in [7, 11) is 0. The van der Waals surface area contributed by atoms with E-state index in [0.717, 1.165) is 22.3 Å². The van der Waals surface area contributed by atoms with E-state index in [0.29, 0.717) is 11.1 Å². The zero-order valence-corrected chi connectivity index (χ0v) is 47.2. The summed E-state index contributed by atoms with van der Waals surface area (Å²) < 4.78 is 5.66. The van der Waals surface area contributed by atoms with Crippen LogP contribution >= 0.6 is 0 Å². The standard InChI is InChI=1S/C62H75N5O14/c1-34(60(78)65-39(6)53(71)25-26-57(75)67-52(31-43-19-23-45(70)24-20-43)55(73)28-35(2)59(77)64-38(5)41(8)68)27-54(72)50(30-42-17-21-44(69)22-18-42)37(4)62(80)63-32-56(74)40(7)66-61(79)36(3)29-58(76)81-33-51-48-15-11-9-13-46(48)47-14-10-12-16-49(47)51/h9-24,34-40,50-52,69-70H,25-33H2,1-8H3,(H,63,80)(H,64,77)(H,65,78)(H,66,79)(H,67,75)/t34-,35-,36-,37+,38+,39+,40+,50-,52+/m1/s1. The average Bonchev–Trinajstić information content (AvgIpc) is 4.03. The van der Waals surface area contributed by atoms with Gasteiger partial charge in [-0.1, -0.05) is 100 Å². The molecule has 5 rings (SSSR count). The van der Waals surface area contributed by atoms with E-state index < -0.39 is 119 Å². The number of benzene rings is 4. The Hall–Kier alpha value is -8.35. The summed E-state index contributed by atoms with van der Waals surface area (Å²) in [6.07, 6.45) is -1.51. The molecular weight excluding hydrogens is 1040 g/mol. The maximum atomic E-state index is 14.1. The number of amides is 5. The van der Waals surface area contributed by atoms with Crippen LogP contribution in [0.15, 0.2) is 97.1 Å². The number of phenolic OH excluding ortho intramolecular Hbond substituents is 2. The number of nitrogens with one attached hydrogen (secondary N) is 5. The van der Waals surface area contributed by atoms with Gasteiger partial charge in [-0.15, -0.1) is 0 Å². The minimum atomic E-state index is -1.11. The monoisotopic (exact) mass is 1110 g/mol. The van der Waals surface area contributed by atoms with Crippen molar-refractivity contribution in [3.05, 3.63) is 119 Å². The molecule has 5 amide bonds. The van der Waals surface area contributed by atoms with E-state index >= 15 is 0 Å². The first-order valence-electron chi connectivity index (χ1n) is 27.3. The maximum absolute atomic E-state index is 14.1. The predicted octanol–water partition coefficient (Wildman–Crippen LogP) is 5.33. The van der Waals surface area contributed by atoms with Gasteiger partial charge in [0.2, 0.25) is 29.5 Å². The molecule has 0 bridgehead atoms. The fourth-order valence-corrected chi connectivity index (χ4v) is 9.39. The van der Waals surface area contributed by atoms with E-state index in [9.17, 15) is 63.0 Å². The minimum absolute atomic E-state index is 0.0103.